The summed E-state index contributed by atoms with van der Waals surface area (Å²) < 4.78 is 0. The SMILES string of the molecule is CCC(=O)C[C@@H](C(=O)N[C@@H](CCC(=O)O)C(=O)C[C@@H](C(=O)N[C@@H](CCC(=O)O)C(=O)C[C@@H](C(=O)N[C@@H](CCC(=O)O)C(=O)C[C@@H](C(=O)N[CH]CS)[C@@H](O)[C@H](O)[C@H](O)CO)[C@@H](O)[C@H](O)[C@H](O)CO)[C@@H](O)[C@H](O)[C@H](O)CO)[C@@H](O)[C@H](O)[C@H](O)CO. The summed E-state index contributed by atoms with van der Waals surface area (Å²) in [5.41, 5.74) is 0. The van der Waals surface area contributed by atoms with Crippen molar-refractivity contribution in [2.75, 3.05) is 32.2 Å². The van der Waals surface area contributed by atoms with Gasteiger partial charge in [-0.3, -0.25) is 52.7 Å². The van der Waals surface area contributed by atoms with Crippen molar-refractivity contribution in [2.45, 2.75) is 169 Å². The molecule has 0 saturated carbocycles. The molecule has 0 heterocycles. The van der Waals surface area contributed by atoms with Gasteiger partial charge in [-0.1, -0.05) is 6.92 Å². The van der Waals surface area contributed by atoms with Crippen molar-refractivity contribution in [3.63, 3.8) is 0 Å². The number of ketones is 4. The lowest BCUT2D eigenvalue weighted by Gasteiger charge is -2.32. The lowest BCUT2D eigenvalue weighted by atomic mass is 9.84. The number of Topliss-reactive ketones (excluding diaryl/α,β-unsaturated/α-hetero) is 4. The fraction of sp³-hybridized carbons (Fsp3) is 0.750. The van der Waals surface area contributed by atoms with Gasteiger partial charge in [-0.2, -0.15) is 12.6 Å². The number of nitrogens with one attached hydrogen (secondary N) is 4. The van der Waals surface area contributed by atoms with Gasteiger partial charge in [0.1, 0.15) is 54.6 Å². The van der Waals surface area contributed by atoms with Gasteiger partial charge in [-0.15, -0.1) is 0 Å². The minimum Gasteiger partial charge on any atom is -0.481 e. The van der Waals surface area contributed by atoms with Crippen LogP contribution in [-0.2, 0) is 52.7 Å². The molecule has 0 aliphatic heterocycles. The fourth-order valence-corrected chi connectivity index (χ4v) is 8.16. The van der Waals surface area contributed by atoms with Crippen LogP contribution in [-0.4, -0.2) is 285 Å². The maximum atomic E-state index is 14.3. The standard InChI is InChI=1S/C48H79N4O30S/c1-2-19(57)11-20(37(71)41(75)30(61)15-53)46(80)50-25(4-7-35(67)68)28(59)13-22(39(73)43(77)32(63)17-55)48(82)52-26(5-8-36(69)70)29(60)14-23(40(74)44(78)33(64)18-56)47(81)51-24(3-6-34(65)66)27(58)12-21(45(79)49-9-10-83)38(72)42(76)31(62)16-54/h9,20-26,30-33,37-44,53-56,61-64,71-78,83H,2-8,10-18H2,1H3,(H,49,79)(H,50,80)(H,51,81)(H,52,82)(H,65,66)(H,67,68)(H,69,70)/t20-,21-,22-,23-,24+,25+,26+,30-,31-,32-,33-,37-,38-,39-,40-,41-,42-,43-,44-/m1/s1. The zero-order valence-corrected chi connectivity index (χ0v) is 45.7. The van der Waals surface area contributed by atoms with Crippen LogP contribution in [0.5, 0.6) is 0 Å². The van der Waals surface area contributed by atoms with E-state index in [2.05, 4.69) is 17.9 Å². The lowest BCUT2D eigenvalue weighted by Crippen LogP contribution is -2.55. The van der Waals surface area contributed by atoms with E-state index in [0.717, 1.165) is 6.54 Å². The van der Waals surface area contributed by atoms with Gasteiger partial charge in [0.25, 0.3) is 0 Å². The zero-order valence-electron chi connectivity index (χ0n) is 44.8. The van der Waals surface area contributed by atoms with Gasteiger partial charge in [-0.25, -0.2) is 0 Å². The summed E-state index contributed by atoms with van der Waals surface area (Å²) in [5.74, 6) is -25.4. The van der Waals surface area contributed by atoms with Crippen molar-refractivity contribution >= 4 is 77.3 Å². The molecule has 83 heavy (non-hydrogen) atoms. The molecule has 0 aliphatic rings. The first-order chi connectivity index (χ1) is 38.7. The van der Waals surface area contributed by atoms with Crippen LogP contribution in [0.1, 0.15) is 77.6 Å². The van der Waals surface area contributed by atoms with E-state index in [-0.39, 0.29) is 12.2 Å². The van der Waals surface area contributed by atoms with E-state index in [9.17, 15) is 150 Å². The van der Waals surface area contributed by atoms with Gasteiger partial charge >= 0.3 is 17.9 Å². The van der Waals surface area contributed by atoms with Crippen LogP contribution in [0.4, 0.5) is 0 Å². The maximum Gasteiger partial charge on any atom is 0.303 e. The molecule has 0 fully saturated rings. The Hall–Kier alpha value is -5.32. The van der Waals surface area contributed by atoms with Crippen LogP contribution >= 0.6 is 12.6 Å². The molecule has 23 N–H and O–H groups in total. The van der Waals surface area contributed by atoms with Crippen LogP contribution in [0.15, 0.2) is 0 Å². The third-order valence-corrected chi connectivity index (χ3v) is 13.4. The third-order valence-electron chi connectivity index (χ3n) is 13.2. The molecular weight excluding hydrogens is 1140 g/mol. The molecule has 0 aromatic carbocycles. The second kappa shape index (κ2) is 39.3. The fourth-order valence-electron chi connectivity index (χ4n) is 8.07. The minimum absolute atomic E-state index is 0.146. The molecule has 0 aromatic rings. The number of amides is 4. The Kier molecular flexibility index (Phi) is 36.8. The highest BCUT2D eigenvalue weighted by Crippen LogP contribution is 2.25. The average Bonchev–Trinajstić information content (AvgIpc) is 3.55. The van der Waals surface area contributed by atoms with Gasteiger partial charge in [-0.05, 0) is 19.3 Å². The van der Waals surface area contributed by atoms with Crippen LogP contribution in [0.25, 0.3) is 0 Å². The summed E-state index contributed by atoms with van der Waals surface area (Å²) in [6.07, 6.45) is -40.1. The quantitative estimate of drug-likeness (QED) is 0.0252. The van der Waals surface area contributed by atoms with E-state index in [1.807, 2.05) is 16.0 Å². The number of aliphatic hydroxyl groups excluding tert-OH is 16. The molecule has 4 amide bonds. The first kappa shape index (κ1) is 77.7. The molecule has 0 aliphatic carbocycles. The van der Waals surface area contributed by atoms with Crippen LogP contribution < -0.4 is 21.3 Å². The number of aliphatic carboxylic acids is 3. The number of aliphatic hydroxyl groups is 16. The minimum atomic E-state index is -2.72. The van der Waals surface area contributed by atoms with Gasteiger partial charge in [0.05, 0.1) is 99.2 Å². The predicted octanol–water partition coefficient (Wildman–Crippen LogP) is -10.7. The van der Waals surface area contributed by atoms with E-state index in [4.69, 9.17) is 0 Å². The monoisotopic (exact) mass is 1220 g/mol. The summed E-state index contributed by atoms with van der Waals surface area (Å²) in [4.78, 5) is 145. The topological polar surface area (TPSA) is 620 Å². The molecular formula is C48H79N4O30S. The van der Waals surface area contributed by atoms with Crippen LogP contribution in [0, 0.1) is 30.2 Å². The van der Waals surface area contributed by atoms with E-state index in [0.29, 0.717) is 0 Å². The number of rotatable bonds is 46. The second-order valence-corrected chi connectivity index (χ2v) is 19.7. The highest BCUT2D eigenvalue weighted by molar-refractivity contribution is 7.80. The summed E-state index contributed by atoms with van der Waals surface area (Å²) in [6, 6.07) is -6.51. The Morgan fingerprint density at radius 3 is 0.843 bits per heavy atom. The Morgan fingerprint density at radius 1 is 0.386 bits per heavy atom. The molecule has 1 radical (unpaired) electrons. The molecule has 35 heteroatoms. The zero-order chi connectivity index (χ0) is 64.2. The van der Waals surface area contributed by atoms with E-state index >= 15 is 0 Å². The summed E-state index contributed by atoms with van der Waals surface area (Å²) >= 11 is 3.87. The van der Waals surface area contributed by atoms with Crippen LogP contribution in [0.2, 0.25) is 0 Å². The number of carbonyl (C=O) groups excluding carboxylic acids is 8. The number of carboxylic acids is 3. The van der Waals surface area contributed by atoms with Crippen molar-refractivity contribution in [1.29, 1.82) is 0 Å². The predicted molar refractivity (Wildman–Crippen MR) is 276 cm³/mol. The number of thiol groups is 1. The summed E-state index contributed by atoms with van der Waals surface area (Å²) in [7, 11) is 0. The highest BCUT2D eigenvalue weighted by atomic mass is 32.1. The van der Waals surface area contributed by atoms with Crippen molar-refractivity contribution < 1.29 is 150 Å². The third kappa shape index (κ3) is 26.2. The van der Waals surface area contributed by atoms with Gasteiger partial charge in [0, 0.05) is 57.1 Å². The van der Waals surface area contributed by atoms with Crippen molar-refractivity contribution in [1.82, 2.24) is 21.3 Å². The van der Waals surface area contributed by atoms with E-state index < -0.39 is 270 Å². The smallest absolute Gasteiger partial charge is 0.303 e. The maximum absolute atomic E-state index is 14.3. The van der Waals surface area contributed by atoms with E-state index in [1.165, 1.54) is 6.92 Å². The number of carbonyl (C=O) groups is 11. The lowest BCUT2D eigenvalue weighted by molar-refractivity contribution is -0.148. The summed E-state index contributed by atoms with van der Waals surface area (Å²) in [5, 5.41) is 201. The summed E-state index contributed by atoms with van der Waals surface area (Å²) in [6.45, 7) is -2.70. The number of carboxylic acid groups (broad SMARTS) is 3. The Labute approximate surface area is 478 Å². The Bertz CT molecular complexity index is 2130. The van der Waals surface area contributed by atoms with E-state index in [1.54, 1.807) is 0 Å². The van der Waals surface area contributed by atoms with Crippen molar-refractivity contribution in [3.8, 4) is 0 Å². The van der Waals surface area contributed by atoms with Crippen LogP contribution in [0.3, 0.4) is 0 Å². The number of hydrogen-bond donors (Lipinski definition) is 24. The normalized spacial score (nSPS) is 18.6. The molecule has 0 rings (SSSR count). The first-order valence-electron chi connectivity index (χ1n) is 25.7. The number of hydrogen-bond acceptors (Lipinski definition) is 28. The Balaban J connectivity index is 7.74. The van der Waals surface area contributed by atoms with Gasteiger partial charge in [0.15, 0.2) is 17.3 Å². The molecule has 0 bridgehead atoms. The van der Waals surface area contributed by atoms with Gasteiger partial charge < -0.3 is 118 Å². The molecule has 477 valence electrons. The molecule has 0 saturated heterocycles. The molecule has 0 aromatic heterocycles. The van der Waals surface area contributed by atoms with Crippen molar-refractivity contribution in [3.05, 3.63) is 6.54 Å². The average molecular weight is 1220 g/mol. The Morgan fingerprint density at radius 2 is 0.627 bits per heavy atom. The second-order valence-electron chi connectivity index (χ2n) is 19.3. The molecule has 34 nitrogen and oxygen atoms in total. The van der Waals surface area contributed by atoms with Gasteiger partial charge in [0.2, 0.25) is 23.6 Å². The molecule has 19 atom stereocenters. The first-order valence-corrected chi connectivity index (χ1v) is 26.3. The molecule has 0 spiro atoms. The highest BCUT2D eigenvalue weighted by Gasteiger charge is 2.45. The van der Waals surface area contributed by atoms with Crippen molar-refractivity contribution in [2.24, 2.45) is 23.7 Å². The molecule has 0 unspecified atom stereocenters. The largest absolute Gasteiger partial charge is 0.481 e.